The quantitative estimate of drug-likeness (QED) is 0.751. The predicted molar refractivity (Wildman–Crippen MR) is 95.4 cm³/mol. The van der Waals surface area contributed by atoms with Gasteiger partial charge >= 0.3 is 0 Å². The Labute approximate surface area is 142 Å². The van der Waals surface area contributed by atoms with Crippen LogP contribution < -0.4 is 5.32 Å². The highest BCUT2D eigenvalue weighted by Gasteiger charge is 2.29. The molecule has 2 atom stereocenters. The molecule has 23 heavy (non-hydrogen) atoms. The van der Waals surface area contributed by atoms with Crippen LogP contribution in [0.15, 0.2) is 11.6 Å². The Morgan fingerprint density at radius 1 is 1.22 bits per heavy atom. The largest absolute Gasteiger partial charge is 0.316 e. The van der Waals surface area contributed by atoms with Crippen LogP contribution in [0, 0.1) is 17.8 Å². The van der Waals surface area contributed by atoms with Crippen molar-refractivity contribution >= 4 is 10.2 Å². The van der Waals surface area contributed by atoms with Gasteiger partial charge in [-0.1, -0.05) is 18.6 Å². The molecule has 0 aromatic carbocycles. The molecule has 1 saturated heterocycles. The predicted octanol–water partition coefficient (Wildman–Crippen LogP) is 2.09. The van der Waals surface area contributed by atoms with Crippen LogP contribution in [0.2, 0.25) is 0 Å². The molecule has 1 aliphatic heterocycles. The van der Waals surface area contributed by atoms with E-state index in [0.29, 0.717) is 24.9 Å². The standard InChI is InChI=1S/C17H33N3O2S/c1-14-6-5-7-15(2)17(14)13-18-12-16-8-10-20(11-9-16)23(21,22)19(3)4/h6,15-18H,5,7-13H2,1-4H3/t15-,17+/m1/s1. The lowest BCUT2D eigenvalue weighted by molar-refractivity contribution is 0.251. The highest BCUT2D eigenvalue weighted by atomic mass is 32.2. The first-order chi connectivity index (χ1) is 10.8. The minimum absolute atomic E-state index is 0.590. The fraction of sp³-hybridized carbons (Fsp3) is 0.882. The van der Waals surface area contributed by atoms with Crippen LogP contribution in [0.5, 0.6) is 0 Å². The van der Waals surface area contributed by atoms with E-state index in [1.807, 2.05) is 0 Å². The van der Waals surface area contributed by atoms with Crippen LogP contribution in [0.25, 0.3) is 0 Å². The zero-order valence-electron chi connectivity index (χ0n) is 15.1. The molecule has 2 rings (SSSR count). The van der Waals surface area contributed by atoms with E-state index < -0.39 is 10.2 Å². The van der Waals surface area contributed by atoms with E-state index in [4.69, 9.17) is 0 Å². The van der Waals surface area contributed by atoms with Crippen molar-refractivity contribution in [3.8, 4) is 0 Å². The van der Waals surface area contributed by atoms with Gasteiger partial charge in [0.2, 0.25) is 0 Å². The number of hydrogen-bond acceptors (Lipinski definition) is 3. The second-order valence-corrected chi connectivity index (χ2v) is 9.54. The number of nitrogens with one attached hydrogen (secondary N) is 1. The summed E-state index contributed by atoms with van der Waals surface area (Å²) < 4.78 is 27.2. The third-order valence-electron chi connectivity index (χ3n) is 5.52. The lowest BCUT2D eigenvalue weighted by Gasteiger charge is -2.34. The fourth-order valence-electron chi connectivity index (χ4n) is 3.76. The smallest absolute Gasteiger partial charge is 0.281 e. The van der Waals surface area contributed by atoms with Crippen molar-refractivity contribution in [3.63, 3.8) is 0 Å². The van der Waals surface area contributed by atoms with Crippen LogP contribution >= 0.6 is 0 Å². The summed E-state index contributed by atoms with van der Waals surface area (Å²) >= 11 is 0. The molecule has 2 aliphatic rings. The van der Waals surface area contributed by atoms with Crippen molar-refractivity contribution in [2.75, 3.05) is 40.3 Å². The summed E-state index contributed by atoms with van der Waals surface area (Å²) in [4.78, 5) is 0. The number of nitrogens with zero attached hydrogens (tertiary/aromatic N) is 2. The second kappa shape index (κ2) is 8.10. The van der Waals surface area contributed by atoms with Crippen LogP contribution in [-0.4, -0.2) is 57.3 Å². The monoisotopic (exact) mass is 343 g/mol. The second-order valence-electron chi connectivity index (χ2n) is 7.40. The van der Waals surface area contributed by atoms with Crippen LogP contribution in [0.3, 0.4) is 0 Å². The van der Waals surface area contributed by atoms with Gasteiger partial charge < -0.3 is 5.32 Å². The topological polar surface area (TPSA) is 52.7 Å². The Morgan fingerprint density at radius 2 is 1.87 bits per heavy atom. The molecule has 1 heterocycles. The van der Waals surface area contributed by atoms with Gasteiger partial charge in [0.1, 0.15) is 0 Å². The molecule has 0 saturated carbocycles. The molecule has 1 N–H and O–H groups in total. The van der Waals surface area contributed by atoms with Gasteiger partial charge in [-0.05, 0) is 56.9 Å². The minimum Gasteiger partial charge on any atom is -0.316 e. The molecular formula is C17H33N3O2S. The first-order valence-corrected chi connectivity index (χ1v) is 10.3. The minimum atomic E-state index is -3.24. The van der Waals surface area contributed by atoms with Crippen LogP contribution in [-0.2, 0) is 10.2 Å². The van der Waals surface area contributed by atoms with Gasteiger partial charge in [0.25, 0.3) is 10.2 Å². The SMILES string of the molecule is CC1=CCC[C@@H](C)[C@H]1CNCC1CCN(S(=O)(=O)N(C)C)CC1. The maximum absolute atomic E-state index is 12.1. The Morgan fingerprint density at radius 3 is 2.43 bits per heavy atom. The summed E-state index contributed by atoms with van der Waals surface area (Å²) in [6.07, 6.45) is 6.81. The Hall–Kier alpha value is -0.430. The molecule has 0 radical (unpaired) electrons. The van der Waals surface area contributed by atoms with Gasteiger partial charge in [0.15, 0.2) is 0 Å². The average Bonchev–Trinajstić information content (AvgIpc) is 2.50. The van der Waals surface area contributed by atoms with Gasteiger partial charge in [-0.3, -0.25) is 0 Å². The fourth-order valence-corrected chi connectivity index (χ4v) is 4.89. The van der Waals surface area contributed by atoms with E-state index in [1.54, 1.807) is 18.4 Å². The molecule has 0 spiro atoms. The highest BCUT2D eigenvalue weighted by molar-refractivity contribution is 7.86. The number of hydrogen-bond donors (Lipinski definition) is 1. The van der Waals surface area contributed by atoms with Gasteiger partial charge in [-0.2, -0.15) is 17.0 Å². The molecule has 5 nitrogen and oxygen atoms in total. The van der Waals surface area contributed by atoms with Crippen molar-refractivity contribution in [2.24, 2.45) is 17.8 Å². The van der Waals surface area contributed by atoms with Crippen molar-refractivity contribution in [2.45, 2.75) is 39.5 Å². The molecule has 1 aliphatic carbocycles. The van der Waals surface area contributed by atoms with Gasteiger partial charge in [0.05, 0.1) is 0 Å². The van der Waals surface area contributed by atoms with Crippen LogP contribution in [0.4, 0.5) is 0 Å². The molecule has 0 bridgehead atoms. The maximum Gasteiger partial charge on any atom is 0.281 e. The molecule has 0 unspecified atom stereocenters. The zero-order valence-corrected chi connectivity index (χ0v) is 15.9. The lowest BCUT2D eigenvalue weighted by Crippen LogP contribution is -2.45. The van der Waals surface area contributed by atoms with Crippen LogP contribution in [0.1, 0.15) is 39.5 Å². The molecule has 0 aromatic heterocycles. The van der Waals surface area contributed by atoms with E-state index in [-0.39, 0.29) is 0 Å². The van der Waals surface area contributed by atoms with E-state index in [0.717, 1.165) is 31.8 Å². The molecule has 134 valence electrons. The van der Waals surface area contributed by atoms with Gasteiger partial charge in [0, 0.05) is 33.7 Å². The Balaban J connectivity index is 1.73. The first-order valence-electron chi connectivity index (χ1n) is 8.87. The third-order valence-corrected chi connectivity index (χ3v) is 7.46. The van der Waals surface area contributed by atoms with E-state index >= 15 is 0 Å². The maximum atomic E-state index is 12.1. The molecular weight excluding hydrogens is 310 g/mol. The lowest BCUT2D eigenvalue weighted by atomic mass is 9.80. The number of piperidine rings is 1. The normalized spacial score (nSPS) is 28.1. The molecule has 0 amide bonds. The average molecular weight is 344 g/mol. The summed E-state index contributed by atoms with van der Waals surface area (Å²) in [6, 6.07) is 0. The third kappa shape index (κ3) is 4.78. The first kappa shape index (κ1) is 18.9. The van der Waals surface area contributed by atoms with E-state index in [1.165, 1.54) is 22.7 Å². The van der Waals surface area contributed by atoms with E-state index in [9.17, 15) is 8.42 Å². The van der Waals surface area contributed by atoms with Crippen molar-refractivity contribution < 1.29 is 8.42 Å². The Kier molecular flexibility index (Phi) is 6.66. The highest BCUT2D eigenvalue weighted by Crippen LogP contribution is 2.29. The van der Waals surface area contributed by atoms with Crippen molar-refractivity contribution in [3.05, 3.63) is 11.6 Å². The Bertz CT molecular complexity index is 508. The molecule has 6 heteroatoms. The summed E-state index contributed by atoms with van der Waals surface area (Å²) in [5, 5.41) is 3.64. The molecule has 1 fully saturated rings. The van der Waals surface area contributed by atoms with E-state index in [2.05, 4.69) is 25.2 Å². The van der Waals surface area contributed by atoms with Gasteiger partial charge in [-0.25, -0.2) is 0 Å². The zero-order chi connectivity index (χ0) is 17.0. The summed E-state index contributed by atoms with van der Waals surface area (Å²) in [6.45, 7) is 7.96. The van der Waals surface area contributed by atoms with Crippen molar-refractivity contribution in [1.82, 2.24) is 13.9 Å². The molecule has 0 aromatic rings. The summed E-state index contributed by atoms with van der Waals surface area (Å²) in [7, 11) is -0.0341. The number of allylic oxidation sites excluding steroid dienone is 1. The summed E-state index contributed by atoms with van der Waals surface area (Å²) in [5.74, 6) is 2.02. The van der Waals surface area contributed by atoms with Gasteiger partial charge in [-0.15, -0.1) is 0 Å². The summed E-state index contributed by atoms with van der Waals surface area (Å²) in [5.41, 5.74) is 1.53. The van der Waals surface area contributed by atoms with Crippen molar-refractivity contribution in [1.29, 1.82) is 0 Å². The number of rotatable bonds is 6.